The molecule has 5 rings (SSSR count). The second-order valence-electron chi connectivity index (χ2n) is 8.62. The van der Waals surface area contributed by atoms with Gasteiger partial charge >= 0.3 is 0 Å². The van der Waals surface area contributed by atoms with Gasteiger partial charge in [-0.25, -0.2) is 26.8 Å². The molecule has 2 aromatic rings. The predicted molar refractivity (Wildman–Crippen MR) is 121 cm³/mol. The number of Topliss-reactive ketones (excluding diaryl/α,β-unsaturated/α-hetero) is 1. The van der Waals surface area contributed by atoms with Crippen LogP contribution in [0.5, 0.6) is 0 Å². The Bertz CT molecular complexity index is 1330. The van der Waals surface area contributed by atoms with E-state index in [0.29, 0.717) is 17.9 Å². The van der Waals surface area contributed by atoms with Crippen molar-refractivity contribution in [2.75, 3.05) is 16.2 Å². The van der Waals surface area contributed by atoms with Gasteiger partial charge in [-0.1, -0.05) is 24.3 Å². The van der Waals surface area contributed by atoms with Gasteiger partial charge in [0, 0.05) is 29.2 Å². The summed E-state index contributed by atoms with van der Waals surface area (Å²) < 4.78 is 50.9. The van der Waals surface area contributed by atoms with Gasteiger partial charge in [0.15, 0.2) is 9.84 Å². The summed E-state index contributed by atoms with van der Waals surface area (Å²) in [5.41, 5.74) is 3.68. The first-order chi connectivity index (χ1) is 15.2. The third kappa shape index (κ3) is 4.33. The Morgan fingerprint density at radius 1 is 1.09 bits per heavy atom. The zero-order valence-electron chi connectivity index (χ0n) is 17.3. The molecule has 0 radical (unpaired) electrons. The summed E-state index contributed by atoms with van der Waals surface area (Å²) >= 11 is 0. The maximum absolute atomic E-state index is 12.6. The van der Waals surface area contributed by atoms with Gasteiger partial charge in [-0.05, 0) is 31.4 Å². The lowest BCUT2D eigenvalue weighted by Gasteiger charge is -2.14. The number of hydrogen-bond donors (Lipinski definition) is 1. The standard InChI is InChI=1S/C22H23N3O5S2/c26-20(14-4-5-14)12-21-23-19-3-1-2-18(19)22(24-21)15-6-8-16(9-7-15)25-32(29,30)17-10-11-31(27,28)13-17/h1-2,6-9,14,17,25H,3-5,10-13H2. The molecule has 1 saturated heterocycles. The lowest BCUT2D eigenvalue weighted by atomic mass is 10.0. The molecule has 0 bridgehead atoms. The number of allylic oxidation sites excluding steroid dienone is 1. The van der Waals surface area contributed by atoms with E-state index in [-0.39, 0.29) is 36.0 Å². The Labute approximate surface area is 187 Å². The number of ketones is 1. The van der Waals surface area contributed by atoms with Crippen molar-refractivity contribution in [2.24, 2.45) is 5.92 Å². The number of carbonyl (C=O) groups is 1. The molecule has 2 heterocycles. The maximum Gasteiger partial charge on any atom is 0.236 e. The van der Waals surface area contributed by atoms with Crippen LogP contribution >= 0.6 is 0 Å². The summed E-state index contributed by atoms with van der Waals surface area (Å²) in [6.07, 6.45) is 6.90. The average Bonchev–Trinajstić information content (AvgIpc) is 3.37. The molecule has 32 heavy (non-hydrogen) atoms. The quantitative estimate of drug-likeness (QED) is 0.654. The second kappa shape index (κ2) is 7.77. The van der Waals surface area contributed by atoms with Crippen molar-refractivity contribution in [3.8, 4) is 11.3 Å². The molecule has 0 amide bonds. The molecule has 1 atom stereocenters. The largest absolute Gasteiger partial charge is 0.299 e. The fourth-order valence-electron chi connectivity index (χ4n) is 4.14. The summed E-state index contributed by atoms with van der Waals surface area (Å²) in [6, 6.07) is 6.81. The zero-order chi connectivity index (χ0) is 22.5. The maximum atomic E-state index is 12.6. The molecule has 1 aromatic heterocycles. The molecule has 8 nitrogen and oxygen atoms in total. The Morgan fingerprint density at radius 2 is 1.84 bits per heavy atom. The van der Waals surface area contributed by atoms with E-state index in [9.17, 15) is 21.6 Å². The number of fused-ring (bicyclic) bond motifs is 1. The first kappa shape index (κ1) is 21.3. The minimum absolute atomic E-state index is 0.102. The van der Waals surface area contributed by atoms with Gasteiger partial charge in [0.2, 0.25) is 10.0 Å². The van der Waals surface area contributed by atoms with E-state index in [1.807, 2.05) is 12.2 Å². The van der Waals surface area contributed by atoms with Gasteiger partial charge in [-0.3, -0.25) is 9.52 Å². The lowest BCUT2D eigenvalue weighted by Crippen LogP contribution is -2.28. The van der Waals surface area contributed by atoms with E-state index in [4.69, 9.17) is 0 Å². The summed E-state index contributed by atoms with van der Waals surface area (Å²) in [5.74, 6) is 0.403. The smallest absolute Gasteiger partial charge is 0.236 e. The molecule has 1 saturated carbocycles. The van der Waals surface area contributed by atoms with Crippen LogP contribution < -0.4 is 4.72 Å². The second-order valence-corrected chi connectivity index (χ2v) is 12.8. The summed E-state index contributed by atoms with van der Waals surface area (Å²) in [5, 5.41) is -0.936. The zero-order valence-corrected chi connectivity index (χ0v) is 19.0. The Kier molecular flexibility index (Phi) is 5.16. The van der Waals surface area contributed by atoms with Crippen molar-refractivity contribution in [3.05, 3.63) is 47.4 Å². The molecule has 1 aromatic carbocycles. The number of hydrogen-bond acceptors (Lipinski definition) is 7. The molecule has 2 fully saturated rings. The van der Waals surface area contributed by atoms with E-state index < -0.39 is 25.1 Å². The number of benzene rings is 1. The fourth-order valence-corrected chi connectivity index (χ4v) is 8.23. The van der Waals surface area contributed by atoms with Gasteiger partial charge in [0.05, 0.1) is 34.6 Å². The number of sulfone groups is 1. The number of anilines is 1. The summed E-state index contributed by atoms with van der Waals surface area (Å²) in [4.78, 5) is 21.5. The van der Waals surface area contributed by atoms with Crippen LogP contribution in [0.4, 0.5) is 5.69 Å². The van der Waals surface area contributed by atoms with Crippen molar-refractivity contribution < 1.29 is 21.6 Å². The average molecular weight is 474 g/mol. The Morgan fingerprint density at radius 3 is 2.50 bits per heavy atom. The van der Waals surface area contributed by atoms with Crippen LogP contribution in [0.15, 0.2) is 30.3 Å². The van der Waals surface area contributed by atoms with Gasteiger partial charge in [-0.15, -0.1) is 0 Å². The highest BCUT2D eigenvalue weighted by Gasteiger charge is 2.37. The first-order valence-electron chi connectivity index (χ1n) is 10.6. The van der Waals surface area contributed by atoms with Crippen LogP contribution in [-0.2, 0) is 37.5 Å². The van der Waals surface area contributed by atoms with Crippen molar-refractivity contribution in [3.63, 3.8) is 0 Å². The molecule has 3 aliphatic rings. The molecular formula is C22H23N3O5S2. The number of sulfonamides is 1. The van der Waals surface area contributed by atoms with Crippen molar-refractivity contribution in [1.82, 2.24) is 9.97 Å². The molecule has 0 spiro atoms. The van der Waals surface area contributed by atoms with E-state index >= 15 is 0 Å². The lowest BCUT2D eigenvalue weighted by molar-refractivity contribution is -0.119. The SMILES string of the molecule is O=C(Cc1nc2c(c(-c3ccc(NS(=O)(=O)C4CCS(=O)(=O)C4)cc3)n1)C=CC2)C1CC1. The van der Waals surface area contributed by atoms with Crippen LogP contribution in [-0.4, -0.2) is 49.3 Å². The predicted octanol–water partition coefficient (Wildman–Crippen LogP) is 2.16. The number of carbonyl (C=O) groups excluding carboxylic acids is 1. The van der Waals surface area contributed by atoms with Crippen molar-refractivity contribution in [2.45, 2.75) is 37.4 Å². The van der Waals surface area contributed by atoms with Gasteiger partial charge in [0.1, 0.15) is 11.6 Å². The van der Waals surface area contributed by atoms with Crippen LogP contribution in [0.25, 0.3) is 17.3 Å². The minimum atomic E-state index is -3.80. The summed E-state index contributed by atoms with van der Waals surface area (Å²) in [6.45, 7) is 0. The topological polar surface area (TPSA) is 123 Å². The highest BCUT2D eigenvalue weighted by atomic mass is 32.2. The van der Waals surface area contributed by atoms with E-state index in [2.05, 4.69) is 14.7 Å². The Balaban J connectivity index is 1.38. The first-order valence-corrected chi connectivity index (χ1v) is 14.0. The third-order valence-corrected chi connectivity index (χ3v) is 9.86. The Hall–Kier alpha value is -2.59. The van der Waals surface area contributed by atoms with Crippen LogP contribution in [0.2, 0.25) is 0 Å². The molecule has 1 N–H and O–H groups in total. The van der Waals surface area contributed by atoms with E-state index in [1.165, 1.54) is 0 Å². The van der Waals surface area contributed by atoms with Gasteiger partial charge in [0.25, 0.3) is 0 Å². The van der Waals surface area contributed by atoms with Gasteiger partial charge in [-0.2, -0.15) is 0 Å². The summed E-state index contributed by atoms with van der Waals surface area (Å²) in [7, 11) is -7.09. The van der Waals surface area contributed by atoms with Crippen molar-refractivity contribution in [1.29, 1.82) is 0 Å². The molecular weight excluding hydrogens is 450 g/mol. The van der Waals surface area contributed by atoms with Crippen LogP contribution in [0.1, 0.15) is 36.3 Å². The molecule has 1 unspecified atom stereocenters. The van der Waals surface area contributed by atoms with E-state index in [1.54, 1.807) is 24.3 Å². The molecule has 1 aliphatic heterocycles. The molecule has 10 heteroatoms. The van der Waals surface area contributed by atoms with Crippen LogP contribution in [0.3, 0.4) is 0 Å². The highest BCUT2D eigenvalue weighted by molar-refractivity contribution is 7.97. The number of nitrogens with one attached hydrogen (secondary N) is 1. The normalized spacial score (nSPS) is 21.4. The van der Waals surface area contributed by atoms with Crippen LogP contribution in [0, 0.1) is 5.92 Å². The number of aromatic nitrogens is 2. The van der Waals surface area contributed by atoms with Gasteiger partial charge < -0.3 is 0 Å². The minimum Gasteiger partial charge on any atom is -0.299 e. The fraction of sp³-hybridized carbons (Fsp3) is 0.409. The number of rotatable bonds is 7. The highest BCUT2D eigenvalue weighted by Crippen LogP contribution is 2.33. The monoisotopic (exact) mass is 473 g/mol. The third-order valence-electron chi connectivity index (χ3n) is 6.08. The molecule has 2 aliphatic carbocycles. The van der Waals surface area contributed by atoms with E-state index in [0.717, 1.165) is 35.4 Å². The molecule has 168 valence electrons. The van der Waals surface area contributed by atoms with Crippen molar-refractivity contribution >= 4 is 37.4 Å². The number of nitrogens with zero attached hydrogens (tertiary/aromatic N) is 2.